The number of imide groups is 2. The molecule has 0 spiro atoms. The van der Waals surface area contributed by atoms with Gasteiger partial charge in [0.2, 0.25) is 23.6 Å². The average Bonchev–Trinajstić information content (AvgIpc) is 4.05. The van der Waals surface area contributed by atoms with E-state index < -0.39 is 36.1 Å². The van der Waals surface area contributed by atoms with Gasteiger partial charge in [-0.1, -0.05) is 18.2 Å². The number of para-hydroxylation sites is 1. The van der Waals surface area contributed by atoms with Crippen LogP contribution in [0.3, 0.4) is 0 Å². The highest BCUT2D eigenvalue weighted by Gasteiger charge is 2.45. The Labute approximate surface area is 429 Å². The second-order valence-corrected chi connectivity index (χ2v) is 20.1. The van der Waals surface area contributed by atoms with E-state index in [-0.39, 0.29) is 60.4 Å². The van der Waals surface area contributed by atoms with Crippen LogP contribution >= 0.6 is 0 Å². The minimum atomic E-state index is -2.73. The number of piperidine rings is 2. The third kappa shape index (κ3) is 8.43. The quantitative estimate of drug-likeness (QED) is 0.136. The van der Waals surface area contributed by atoms with Crippen molar-refractivity contribution < 1.29 is 42.3 Å². The Hall–Kier alpha value is -8.35. The maximum atomic E-state index is 15.2. The summed E-state index contributed by atoms with van der Waals surface area (Å²) in [5.74, 6) is -1.36. The van der Waals surface area contributed by atoms with Crippen LogP contribution in [0.5, 0.6) is 5.75 Å². The number of halogens is 2. The van der Waals surface area contributed by atoms with Gasteiger partial charge in [-0.15, -0.1) is 0 Å². The molecule has 9 heterocycles. The molecule has 7 aromatic rings. The molecule has 1 atom stereocenters. The monoisotopic (exact) mass is 1010 g/mol. The van der Waals surface area contributed by atoms with Crippen LogP contribution in [0.25, 0.3) is 32.9 Å². The third-order valence-corrected chi connectivity index (χ3v) is 15.6. The van der Waals surface area contributed by atoms with Gasteiger partial charge in [-0.25, -0.2) is 8.78 Å². The molecule has 382 valence electrons. The number of alkyl halides is 2. The SMILES string of the molecule is CC(=O)N1CCc2c(c(N3CCCc4cc(-c5cn(C)c6ccncc56)c(C(F)F)cc43)nn2C2CCN(C(=O)Cc3cnc4c(COc5ccc6c(c5)C(=O)N(C5CCC(=O)NC5=O)C6=O)cccc4c3)CC2)C1. The highest BCUT2D eigenvalue weighted by molar-refractivity contribution is 6.23. The van der Waals surface area contributed by atoms with Gasteiger partial charge in [-0.05, 0) is 91.3 Å². The molecule has 75 heavy (non-hydrogen) atoms. The lowest BCUT2D eigenvalue weighted by atomic mass is 9.91. The zero-order chi connectivity index (χ0) is 51.8. The van der Waals surface area contributed by atoms with Gasteiger partial charge in [0, 0.05) is 122 Å². The standard InChI is InChI=1S/C56H52F2N10O7/c1-31(69)65-20-15-46-44(29-65)53(66-17-4-7-33-23-39(40(52(57)58)25-48(33)66)43-28-63(2)45-12-16-59-27-42(43)45)62-68(46)36-13-18-64(19-14-36)50(71)22-32-21-34-5-3-6-35(51(34)60-26-32)30-75-37-8-9-38-41(24-37)56(74)67(55(38)73)47-10-11-49(70)61-54(47)72/h3,5-6,8-9,12,16,21,23-28,36,47,52H,4,7,10-11,13-15,17-20,22,29-30H2,1-2H3,(H,61,70,72). The van der Waals surface area contributed by atoms with Gasteiger partial charge >= 0.3 is 0 Å². The fourth-order valence-corrected chi connectivity index (χ4v) is 11.8. The average molecular weight is 1020 g/mol. The summed E-state index contributed by atoms with van der Waals surface area (Å²) in [5, 5.41) is 9.15. The van der Waals surface area contributed by atoms with E-state index in [4.69, 9.17) is 14.8 Å². The Morgan fingerprint density at radius 3 is 2.48 bits per heavy atom. The predicted molar refractivity (Wildman–Crippen MR) is 271 cm³/mol. The number of amides is 6. The number of nitrogens with zero attached hydrogens (tertiary/aromatic N) is 9. The summed E-state index contributed by atoms with van der Waals surface area (Å²) in [5.41, 5.74) is 8.18. The second kappa shape index (κ2) is 18.9. The number of ether oxygens (including phenoxy) is 1. The number of pyridine rings is 2. The largest absolute Gasteiger partial charge is 0.489 e. The van der Waals surface area contributed by atoms with Crippen LogP contribution in [0.2, 0.25) is 0 Å². The number of carbonyl (C=O) groups excluding carboxylic acids is 6. The first-order valence-electron chi connectivity index (χ1n) is 25.4. The molecule has 5 aliphatic heterocycles. The number of likely N-dealkylation sites (tertiary alicyclic amines) is 1. The second-order valence-electron chi connectivity index (χ2n) is 20.1. The number of carbonyl (C=O) groups is 6. The van der Waals surface area contributed by atoms with Crippen molar-refractivity contribution in [3.8, 4) is 16.9 Å². The van der Waals surface area contributed by atoms with Gasteiger partial charge in [0.1, 0.15) is 18.4 Å². The maximum Gasteiger partial charge on any atom is 0.264 e. The van der Waals surface area contributed by atoms with Crippen LogP contribution in [0.15, 0.2) is 85.5 Å². The summed E-state index contributed by atoms with van der Waals surface area (Å²) in [4.78, 5) is 93.2. The van der Waals surface area contributed by atoms with Crippen LogP contribution in [0.1, 0.15) is 106 Å². The van der Waals surface area contributed by atoms with E-state index in [9.17, 15) is 28.8 Å². The zero-order valence-electron chi connectivity index (χ0n) is 41.4. The van der Waals surface area contributed by atoms with Crippen molar-refractivity contribution in [3.63, 3.8) is 0 Å². The molecule has 0 bridgehead atoms. The fourth-order valence-electron chi connectivity index (χ4n) is 11.8. The van der Waals surface area contributed by atoms with Gasteiger partial charge in [0.15, 0.2) is 5.82 Å². The highest BCUT2D eigenvalue weighted by Crippen LogP contribution is 2.45. The van der Waals surface area contributed by atoms with Crippen molar-refractivity contribution in [2.75, 3.05) is 31.1 Å². The van der Waals surface area contributed by atoms with E-state index in [0.29, 0.717) is 85.9 Å². The van der Waals surface area contributed by atoms with Crippen molar-refractivity contribution in [1.82, 2.24) is 44.3 Å². The van der Waals surface area contributed by atoms with E-state index in [2.05, 4.69) is 19.9 Å². The van der Waals surface area contributed by atoms with E-state index in [1.54, 1.807) is 37.6 Å². The van der Waals surface area contributed by atoms with Crippen molar-refractivity contribution in [1.29, 1.82) is 0 Å². The fraction of sp³-hybridized carbons (Fsp3) is 0.339. The molecule has 0 aliphatic carbocycles. The zero-order valence-corrected chi connectivity index (χ0v) is 41.4. The van der Waals surface area contributed by atoms with E-state index in [1.807, 2.05) is 64.0 Å². The molecule has 17 nitrogen and oxygen atoms in total. The first-order chi connectivity index (χ1) is 36.3. The maximum absolute atomic E-state index is 15.2. The van der Waals surface area contributed by atoms with Crippen molar-refractivity contribution in [3.05, 3.63) is 130 Å². The number of anilines is 2. The summed E-state index contributed by atoms with van der Waals surface area (Å²) in [6.45, 7) is 4.20. The molecule has 1 unspecified atom stereocenters. The van der Waals surface area contributed by atoms with Crippen LogP contribution in [0.4, 0.5) is 20.3 Å². The number of aromatic nitrogens is 5. The number of hydrogen-bond donors (Lipinski definition) is 1. The number of aryl methyl sites for hydroxylation is 2. The summed E-state index contributed by atoms with van der Waals surface area (Å²) in [6.07, 6.45) is 7.97. The number of nitrogens with one attached hydrogen (secondary N) is 1. The first-order valence-corrected chi connectivity index (χ1v) is 25.4. The molecule has 0 radical (unpaired) electrons. The minimum Gasteiger partial charge on any atom is -0.489 e. The van der Waals surface area contributed by atoms with Gasteiger partial charge in [0.25, 0.3) is 18.2 Å². The third-order valence-electron chi connectivity index (χ3n) is 15.6. The molecule has 4 aromatic heterocycles. The molecule has 5 aliphatic rings. The van der Waals surface area contributed by atoms with E-state index >= 15 is 8.78 Å². The summed E-state index contributed by atoms with van der Waals surface area (Å²) >= 11 is 0. The Bertz CT molecular complexity index is 3560. The lowest BCUT2D eigenvalue weighted by Gasteiger charge is -2.34. The van der Waals surface area contributed by atoms with Crippen molar-refractivity contribution in [2.45, 2.75) is 90.0 Å². The Morgan fingerprint density at radius 2 is 1.68 bits per heavy atom. The van der Waals surface area contributed by atoms with E-state index in [0.717, 1.165) is 62.0 Å². The minimum absolute atomic E-state index is 0.0149. The molecular weight excluding hydrogens is 963 g/mol. The van der Waals surface area contributed by atoms with Crippen molar-refractivity contribution >= 4 is 68.8 Å². The normalized spacial score (nSPS) is 18.0. The molecule has 19 heteroatoms. The molecule has 6 amide bonds. The highest BCUT2D eigenvalue weighted by atomic mass is 19.3. The van der Waals surface area contributed by atoms with Gasteiger partial charge < -0.3 is 24.0 Å². The molecule has 3 aromatic carbocycles. The first kappa shape index (κ1) is 47.6. The Balaban J connectivity index is 0.731. The lowest BCUT2D eigenvalue weighted by Crippen LogP contribution is -2.54. The van der Waals surface area contributed by atoms with Gasteiger partial charge in [-0.3, -0.25) is 53.6 Å². The predicted octanol–water partition coefficient (Wildman–Crippen LogP) is 7.30. The Morgan fingerprint density at radius 1 is 0.853 bits per heavy atom. The molecule has 0 saturated carbocycles. The van der Waals surface area contributed by atoms with Crippen LogP contribution in [0, 0.1) is 0 Å². The number of fused-ring (bicyclic) bond motifs is 5. The van der Waals surface area contributed by atoms with E-state index in [1.165, 1.54) is 12.1 Å². The van der Waals surface area contributed by atoms with Crippen molar-refractivity contribution in [2.24, 2.45) is 7.05 Å². The smallest absolute Gasteiger partial charge is 0.264 e. The van der Waals surface area contributed by atoms with Crippen LogP contribution in [-0.2, 0) is 58.6 Å². The summed E-state index contributed by atoms with van der Waals surface area (Å²) in [7, 11) is 1.90. The van der Waals surface area contributed by atoms with Crippen LogP contribution < -0.4 is 15.0 Å². The molecular formula is C56H52F2N10O7. The molecule has 12 rings (SSSR count). The summed E-state index contributed by atoms with van der Waals surface area (Å²) in [6, 6.07) is 16.6. The molecule has 2 saturated heterocycles. The Kier molecular flexibility index (Phi) is 12.0. The van der Waals surface area contributed by atoms with Crippen LogP contribution in [-0.4, -0.2) is 107 Å². The topological polar surface area (TPSA) is 185 Å². The number of rotatable bonds is 10. The lowest BCUT2D eigenvalue weighted by molar-refractivity contribution is -0.136. The van der Waals surface area contributed by atoms with Gasteiger partial charge in [-0.2, -0.15) is 5.10 Å². The molecule has 1 N–H and O–H groups in total. The molecule has 2 fully saturated rings. The number of benzene rings is 3. The summed E-state index contributed by atoms with van der Waals surface area (Å²) < 4.78 is 40.5. The number of hydrogen-bond acceptors (Lipinski definition) is 11. The van der Waals surface area contributed by atoms with Gasteiger partial charge in [0.05, 0.1) is 41.2 Å².